The first-order valence-electron chi connectivity index (χ1n) is 10.9. The molecule has 7 nitrogen and oxygen atoms in total. The molecule has 0 aromatic carbocycles. The van der Waals surface area contributed by atoms with Gasteiger partial charge in [-0.1, -0.05) is 20.3 Å². The number of anilines is 1. The van der Waals surface area contributed by atoms with Crippen LogP contribution in [0.2, 0.25) is 0 Å². The van der Waals surface area contributed by atoms with E-state index in [1.807, 2.05) is 19.9 Å². The Morgan fingerprint density at radius 2 is 1.93 bits per heavy atom. The maximum atomic E-state index is 8.88. The fourth-order valence-corrected chi connectivity index (χ4v) is 4.72. The van der Waals surface area contributed by atoms with Crippen LogP contribution in [0.15, 0.2) is 6.07 Å². The van der Waals surface area contributed by atoms with Gasteiger partial charge < -0.3 is 9.64 Å². The average molecular weight is 404 g/mol. The summed E-state index contributed by atoms with van der Waals surface area (Å²) in [6, 6.07) is 1.96. The van der Waals surface area contributed by atoms with Crippen LogP contribution in [-0.2, 0) is 9.57 Å². The first-order chi connectivity index (χ1) is 13.7. The van der Waals surface area contributed by atoms with E-state index in [4.69, 9.17) is 15.0 Å². The molecule has 2 fully saturated rings. The van der Waals surface area contributed by atoms with Crippen molar-refractivity contribution in [2.45, 2.75) is 72.5 Å². The molecule has 29 heavy (non-hydrogen) atoms. The minimum atomic E-state index is -0.0991. The third-order valence-electron chi connectivity index (χ3n) is 5.97. The standard InChI is InChI=1S/C22H37N5O2/c1-7-8-18-14-22(5,6)29-19(18)17(4)20(23)26-9-10-27(28-12-11-26)21-24-15(2)13-16(3)25-21/h13,17-19,23H,7-12,14H2,1-6H3. The molecule has 3 heterocycles. The Hall–Kier alpha value is -1.73. The normalized spacial score (nSPS) is 25.7. The highest BCUT2D eigenvalue weighted by Crippen LogP contribution is 2.40. The van der Waals surface area contributed by atoms with Crippen LogP contribution in [0.1, 0.15) is 58.3 Å². The van der Waals surface area contributed by atoms with Gasteiger partial charge in [0.2, 0.25) is 5.95 Å². The topological polar surface area (TPSA) is 74.6 Å². The number of hydrogen-bond donors (Lipinski definition) is 1. The van der Waals surface area contributed by atoms with Crippen molar-refractivity contribution in [2.75, 3.05) is 31.3 Å². The third kappa shape index (κ3) is 5.25. The van der Waals surface area contributed by atoms with Crippen LogP contribution in [0.25, 0.3) is 0 Å². The zero-order valence-corrected chi connectivity index (χ0v) is 18.9. The summed E-state index contributed by atoms with van der Waals surface area (Å²) in [5, 5.41) is 10.7. The van der Waals surface area contributed by atoms with E-state index in [0.29, 0.717) is 43.9 Å². The highest BCUT2D eigenvalue weighted by atomic mass is 16.7. The van der Waals surface area contributed by atoms with E-state index >= 15 is 0 Å². The van der Waals surface area contributed by atoms with Gasteiger partial charge in [-0.15, -0.1) is 0 Å². The molecule has 0 bridgehead atoms. The lowest BCUT2D eigenvalue weighted by Crippen LogP contribution is -2.43. The number of hydrogen-bond acceptors (Lipinski definition) is 6. The van der Waals surface area contributed by atoms with E-state index < -0.39 is 0 Å². The number of aryl methyl sites for hydroxylation is 2. The molecule has 0 aliphatic carbocycles. The number of nitrogens with zero attached hydrogens (tertiary/aromatic N) is 4. The van der Waals surface area contributed by atoms with Gasteiger partial charge in [0.25, 0.3) is 0 Å². The fraction of sp³-hybridized carbons (Fsp3) is 0.773. The zero-order chi connectivity index (χ0) is 21.2. The summed E-state index contributed by atoms with van der Waals surface area (Å²) in [6.45, 7) is 15.2. The zero-order valence-electron chi connectivity index (χ0n) is 18.9. The predicted molar refractivity (Wildman–Crippen MR) is 115 cm³/mol. The van der Waals surface area contributed by atoms with Gasteiger partial charge in [0.15, 0.2) is 0 Å². The van der Waals surface area contributed by atoms with E-state index in [0.717, 1.165) is 30.7 Å². The van der Waals surface area contributed by atoms with E-state index in [9.17, 15) is 0 Å². The van der Waals surface area contributed by atoms with Crippen molar-refractivity contribution >= 4 is 11.8 Å². The maximum absolute atomic E-state index is 8.88. The lowest BCUT2D eigenvalue weighted by molar-refractivity contribution is -0.0352. The molecular weight excluding hydrogens is 366 g/mol. The Morgan fingerprint density at radius 3 is 2.59 bits per heavy atom. The first kappa shape index (κ1) is 22.0. The third-order valence-corrected chi connectivity index (χ3v) is 5.97. The largest absolute Gasteiger partial charge is 0.371 e. The highest BCUT2D eigenvalue weighted by molar-refractivity contribution is 5.82. The highest BCUT2D eigenvalue weighted by Gasteiger charge is 2.44. The summed E-state index contributed by atoms with van der Waals surface area (Å²) in [5.74, 6) is 1.85. The predicted octanol–water partition coefficient (Wildman–Crippen LogP) is 3.74. The molecule has 7 heteroatoms. The second-order valence-corrected chi connectivity index (χ2v) is 9.14. The summed E-state index contributed by atoms with van der Waals surface area (Å²) < 4.78 is 6.41. The van der Waals surface area contributed by atoms with Crippen LogP contribution in [0.3, 0.4) is 0 Å². The SMILES string of the molecule is CCCC1CC(C)(C)OC1C(C)C(=N)N1CCON(c2nc(C)cc(C)n2)CC1. The van der Waals surface area contributed by atoms with Gasteiger partial charge in [-0.05, 0) is 52.5 Å². The molecule has 1 aromatic rings. The molecule has 3 rings (SSSR count). The van der Waals surface area contributed by atoms with E-state index in [2.05, 4.69) is 42.6 Å². The van der Waals surface area contributed by atoms with Crippen molar-refractivity contribution in [3.8, 4) is 0 Å². The van der Waals surface area contributed by atoms with Crippen molar-refractivity contribution in [2.24, 2.45) is 11.8 Å². The van der Waals surface area contributed by atoms with Crippen LogP contribution in [0, 0.1) is 31.1 Å². The van der Waals surface area contributed by atoms with Gasteiger partial charge in [0.1, 0.15) is 5.84 Å². The van der Waals surface area contributed by atoms with Gasteiger partial charge in [0.05, 0.1) is 24.9 Å². The summed E-state index contributed by atoms with van der Waals surface area (Å²) in [7, 11) is 0. The monoisotopic (exact) mass is 403 g/mol. The van der Waals surface area contributed by atoms with Crippen molar-refractivity contribution in [3.05, 3.63) is 17.5 Å². The Labute approximate surface area is 175 Å². The minimum Gasteiger partial charge on any atom is -0.371 e. The molecule has 1 N–H and O–H groups in total. The van der Waals surface area contributed by atoms with Gasteiger partial charge in [0, 0.05) is 30.4 Å². The van der Waals surface area contributed by atoms with Crippen LogP contribution in [0.4, 0.5) is 5.95 Å². The summed E-state index contributed by atoms with van der Waals surface area (Å²) in [6.07, 6.45) is 3.50. The van der Waals surface area contributed by atoms with Crippen LogP contribution in [-0.4, -0.2) is 58.6 Å². The van der Waals surface area contributed by atoms with Crippen molar-refractivity contribution in [1.82, 2.24) is 14.9 Å². The number of ether oxygens (including phenoxy) is 1. The maximum Gasteiger partial charge on any atom is 0.250 e. The molecule has 3 atom stereocenters. The fourth-order valence-electron chi connectivity index (χ4n) is 4.72. The van der Waals surface area contributed by atoms with Gasteiger partial charge in [-0.3, -0.25) is 10.2 Å². The molecular formula is C22H37N5O2. The van der Waals surface area contributed by atoms with Crippen LogP contribution >= 0.6 is 0 Å². The number of hydroxylamine groups is 1. The molecule has 2 aliphatic rings. The van der Waals surface area contributed by atoms with Gasteiger partial charge >= 0.3 is 0 Å². The molecule has 0 spiro atoms. The smallest absolute Gasteiger partial charge is 0.250 e. The lowest BCUT2D eigenvalue weighted by atomic mass is 9.85. The molecule has 2 aliphatic heterocycles. The van der Waals surface area contributed by atoms with Crippen molar-refractivity contribution < 1.29 is 9.57 Å². The van der Waals surface area contributed by atoms with Crippen LogP contribution < -0.4 is 5.06 Å². The van der Waals surface area contributed by atoms with Crippen LogP contribution in [0.5, 0.6) is 0 Å². The lowest BCUT2D eigenvalue weighted by Gasteiger charge is -2.32. The van der Waals surface area contributed by atoms with Gasteiger partial charge in [-0.2, -0.15) is 0 Å². The van der Waals surface area contributed by atoms with Crippen molar-refractivity contribution in [1.29, 1.82) is 5.41 Å². The summed E-state index contributed by atoms with van der Waals surface area (Å²) in [5.41, 5.74) is 1.76. The molecule has 0 amide bonds. The summed E-state index contributed by atoms with van der Waals surface area (Å²) >= 11 is 0. The summed E-state index contributed by atoms with van der Waals surface area (Å²) in [4.78, 5) is 17.1. The first-order valence-corrected chi connectivity index (χ1v) is 10.9. The molecule has 162 valence electrons. The minimum absolute atomic E-state index is 0.0670. The molecule has 0 saturated carbocycles. The number of aromatic nitrogens is 2. The molecule has 3 unspecified atom stereocenters. The molecule has 0 radical (unpaired) electrons. The van der Waals surface area contributed by atoms with E-state index in [1.165, 1.54) is 0 Å². The molecule has 2 saturated heterocycles. The second kappa shape index (κ2) is 8.96. The quantitative estimate of drug-likeness (QED) is 0.596. The molecule has 1 aromatic heterocycles. The van der Waals surface area contributed by atoms with Crippen molar-refractivity contribution in [3.63, 3.8) is 0 Å². The Kier molecular flexibility index (Phi) is 6.79. The van der Waals surface area contributed by atoms with E-state index in [1.54, 1.807) is 5.06 Å². The number of rotatable bonds is 5. The Balaban J connectivity index is 1.65. The number of amidine groups is 1. The number of nitrogens with one attached hydrogen (secondary N) is 1. The second-order valence-electron chi connectivity index (χ2n) is 9.14. The average Bonchev–Trinajstić information content (AvgIpc) is 2.82. The van der Waals surface area contributed by atoms with Gasteiger partial charge in [-0.25, -0.2) is 15.0 Å². The Bertz CT molecular complexity index is 703. The van der Waals surface area contributed by atoms with E-state index in [-0.39, 0.29) is 17.6 Å². The Morgan fingerprint density at radius 1 is 1.24 bits per heavy atom.